The summed E-state index contributed by atoms with van der Waals surface area (Å²) < 4.78 is 0. The number of hydroxylamine groups is 4. The van der Waals surface area contributed by atoms with Crippen LogP contribution in [0.2, 0.25) is 0 Å². The van der Waals surface area contributed by atoms with Gasteiger partial charge in [-0.1, -0.05) is 25.7 Å². The maximum absolute atomic E-state index is 11.9. The lowest BCUT2D eigenvalue weighted by atomic mass is 10.1. The summed E-state index contributed by atoms with van der Waals surface area (Å²) in [5, 5.41) is 25.3. The normalized spacial score (nSPS) is 16.6. The van der Waals surface area contributed by atoms with Crippen LogP contribution in [0, 0.1) is 0 Å². The van der Waals surface area contributed by atoms with Gasteiger partial charge in [-0.2, -0.15) is 0 Å². The first-order chi connectivity index (χ1) is 20.0. The molecule has 2 saturated heterocycles. The van der Waals surface area contributed by atoms with Crippen LogP contribution in [0.4, 0.5) is 0 Å². The number of aliphatic carboxylic acids is 2. The molecule has 0 saturated carbocycles. The highest BCUT2D eigenvalue weighted by molar-refractivity contribution is 6.02. The van der Waals surface area contributed by atoms with E-state index in [0.29, 0.717) is 36.1 Å². The van der Waals surface area contributed by atoms with Crippen LogP contribution in [0.1, 0.15) is 89.9 Å². The van der Waals surface area contributed by atoms with Gasteiger partial charge in [-0.05, 0) is 38.8 Å². The summed E-state index contributed by atoms with van der Waals surface area (Å²) in [7, 11) is 0. The smallest absolute Gasteiger partial charge is 0.333 e. The van der Waals surface area contributed by atoms with E-state index in [1.54, 1.807) is 0 Å². The summed E-state index contributed by atoms with van der Waals surface area (Å²) in [5.74, 6) is -6.37. The van der Waals surface area contributed by atoms with Crippen LogP contribution in [0.3, 0.4) is 0 Å². The summed E-state index contributed by atoms with van der Waals surface area (Å²) in [6, 6.07) is -1.97. The number of carboxylic acid groups (broad SMARTS) is 2. The van der Waals surface area contributed by atoms with Crippen molar-refractivity contribution in [1.29, 1.82) is 0 Å². The van der Waals surface area contributed by atoms with Gasteiger partial charge in [-0.25, -0.2) is 9.59 Å². The fourth-order valence-corrected chi connectivity index (χ4v) is 4.27. The van der Waals surface area contributed by atoms with E-state index in [2.05, 4.69) is 10.6 Å². The van der Waals surface area contributed by atoms with Crippen molar-refractivity contribution in [1.82, 2.24) is 20.8 Å². The van der Waals surface area contributed by atoms with Crippen molar-refractivity contribution in [2.45, 2.75) is 102 Å². The molecule has 2 fully saturated rings. The summed E-state index contributed by atoms with van der Waals surface area (Å²) in [5.41, 5.74) is 0. The maximum Gasteiger partial charge on any atom is 0.333 e. The van der Waals surface area contributed by atoms with Gasteiger partial charge >= 0.3 is 23.9 Å². The van der Waals surface area contributed by atoms with E-state index < -0.39 is 59.6 Å². The van der Waals surface area contributed by atoms with Crippen molar-refractivity contribution in [3.63, 3.8) is 0 Å². The Morgan fingerprint density at radius 1 is 0.595 bits per heavy atom. The highest BCUT2D eigenvalue weighted by atomic mass is 16.7. The van der Waals surface area contributed by atoms with E-state index >= 15 is 0 Å². The lowest BCUT2D eigenvalue weighted by molar-refractivity contribution is -0.197. The van der Waals surface area contributed by atoms with Gasteiger partial charge in [0.25, 0.3) is 23.6 Å². The largest absolute Gasteiger partial charge is 0.480 e. The molecule has 2 unspecified atom stereocenters. The number of amides is 4. The molecule has 0 aromatic rings. The van der Waals surface area contributed by atoms with Crippen LogP contribution in [-0.2, 0) is 48.0 Å². The number of hydrogen-bond acceptors (Lipinski definition) is 12. The molecule has 16 heteroatoms. The maximum atomic E-state index is 11.9. The first-order valence-electron chi connectivity index (χ1n) is 14.0. The second kappa shape index (κ2) is 17.8. The van der Waals surface area contributed by atoms with Crippen LogP contribution in [0.15, 0.2) is 0 Å². The van der Waals surface area contributed by atoms with E-state index in [-0.39, 0.29) is 51.4 Å². The van der Waals surface area contributed by atoms with E-state index in [0.717, 1.165) is 25.7 Å². The first-order valence-corrected chi connectivity index (χ1v) is 14.0. The minimum Gasteiger partial charge on any atom is -0.480 e. The molecule has 4 N–H and O–H groups in total. The van der Waals surface area contributed by atoms with Crippen molar-refractivity contribution in [3.05, 3.63) is 0 Å². The van der Waals surface area contributed by atoms with Gasteiger partial charge in [0.2, 0.25) is 0 Å². The third kappa shape index (κ3) is 11.9. The van der Waals surface area contributed by atoms with E-state index in [1.807, 2.05) is 0 Å². The van der Waals surface area contributed by atoms with Crippen molar-refractivity contribution in [3.8, 4) is 0 Å². The second-order valence-electron chi connectivity index (χ2n) is 9.98. The zero-order chi connectivity index (χ0) is 31.1. The number of carbonyl (C=O) groups excluding carboxylic acids is 6. The van der Waals surface area contributed by atoms with Crippen LogP contribution < -0.4 is 10.6 Å². The summed E-state index contributed by atoms with van der Waals surface area (Å²) >= 11 is 0. The molecule has 0 aromatic heterocycles. The number of unbranched alkanes of at least 4 members (excludes halogenated alkanes) is 5. The van der Waals surface area contributed by atoms with Gasteiger partial charge in [0.1, 0.15) is 12.1 Å². The highest BCUT2D eigenvalue weighted by Crippen LogP contribution is 2.15. The molecule has 0 radical (unpaired) electrons. The van der Waals surface area contributed by atoms with Crippen LogP contribution in [-0.4, -0.2) is 93.0 Å². The van der Waals surface area contributed by atoms with E-state index in [9.17, 15) is 48.6 Å². The Bertz CT molecular complexity index is 921. The zero-order valence-corrected chi connectivity index (χ0v) is 23.3. The predicted molar refractivity (Wildman–Crippen MR) is 139 cm³/mol. The molecule has 2 heterocycles. The van der Waals surface area contributed by atoms with Crippen molar-refractivity contribution in [2.75, 3.05) is 13.1 Å². The minimum atomic E-state index is -1.13. The Labute approximate surface area is 241 Å². The number of rotatable bonds is 21. The average Bonchev–Trinajstić information content (AvgIpc) is 3.42. The zero-order valence-electron chi connectivity index (χ0n) is 23.3. The molecule has 42 heavy (non-hydrogen) atoms. The van der Waals surface area contributed by atoms with Gasteiger partial charge in [0, 0.05) is 25.7 Å². The number of nitrogens with one attached hydrogen (secondary N) is 2. The third-order valence-electron chi connectivity index (χ3n) is 6.65. The van der Waals surface area contributed by atoms with Gasteiger partial charge < -0.3 is 30.5 Å². The van der Waals surface area contributed by atoms with Gasteiger partial charge in [-0.15, -0.1) is 10.1 Å². The summed E-state index contributed by atoms with van der Waals surface area (Å²) in [4.78, 5) is 102. The molecular formula is C26H38N4O12. The molecule has 0 spiro atoms. The van der Waals surface area contributed by atoms with Crippen LogP contribution in [0.25, 0.3) is 0 Å². The predicted octanol–water partition coefficient (Wildman–Crippen LogP) is 0.187. The third-order valence-corrected chi connectivity index (χ3v) is 6.65. The number of hydrogen-bond donors (Lipinski definition) is 4. The highest BCUT2D eigenvalue weighted by Gasteiger charge is 2.34. The number of nitrogens with zero attached hydrogens (tertiary/aromatic N) is 2. The topological polar surface area (TPSA) is 226 Å². The molecule has 2 atom stereocenters. The monoisotopic (exact) mass is 598 g/mol. The standard InChI is InChI=1S/C26H38N4O12/c31-19-9-10-20(32)29(19)41-23(35)13-7-17(25(37)38)27-15-5-3-1-2-4-6-16-28-18(26(39)40)8-14-24(36)42-30-21(33)11-12-22(30)34/h17-18,27-28H,1-16H2,(H,37,38)(H,39,40). The Morgan fingerprint density at radius 2 is 0.905 bits per heavy atom. The number of carbonyl (C=O) groups is 8. The molecular weight excluding hydrogens is 560 g/mol. The minimum absolute atomic E-state index is 0.0248. The van der Waals surface area contributed by atoms with Crippen LogP contribution >= 0.6 is 0 Å². The molecule has 0 bridgehead atoms. The first kappa shape index (κ1) is 34.3. The van der Waals surface area contributed by atoms with Crippen molar-refractivity contribution in [2.24, 2.45) is 0 Å². The van der Waals surface area contributed by atoms with Gasteiger partial charge in [0.15, 0.2) is 0 Å². The Kier molecular flexibility index (Phi) is 14.5. The average molecular weight is 599 g/mol. The van der Waals surface area contributed by atoms with E-state index in [1.165, 1.54) is 0 Å². The molecule has 2 aliphatic rings. The molecule has 4 amide bonds. The van der Waals surface area contributed by atoms with E-state index in [4.69, 9.17) is 9.68 Å². The fraction of sp³-hybridized carbons (Fsp3) is 0.692. The van der Waals surface area contributed by atoms with Crippen molar-refractivity contribution < 1.29 is 58.2 Å². The molecule has 0 aromatic carbocycles. The molecule has 2 aliphatic heterocycles. The molecule has 2 rings (SSSR count). The van der Waals surface area contributed by atoms with Gasteiger partial charge in [0.05, 0.1) is 12.8 Å². The number of imide groups is 2. The summed E-state index contributed by atoms with van der Waals surface area (Å²) in [6.45, 7) is 0.832. The second-order valence-corrected chi connectivity index (χ2v) is 9.98. The van der Waals surface area contributed by atoms with Gasteiger partial charge in [-0.3, -0.25) is 28.8 Å². The SMILES string of the molecule is O=C(CCC(NCCCCCCCCNC(CCC(=O)ON1C(=O)CCC1=O)C(=O)O)C(=O)O)ON1C(=O)CCC1=O. The van der Waals surface area contributed by atoms with Crippen molar-refractivity contribution >= 4 is 47.5 Å². The number of carboxylic acids is 2. The fourth-order valence-electron chi connectivity index (χ4n) is 4.27. The molecule has 234 valence electrons. The Morgan fingerprint density at radius 3 is 1.21 bits per heavy atom. The lowest BCUT2D eigenvalue weighted by Gasteiger charge is -2.16. The Balaban J connectivity index is 1.50. The lowest BCUT2D eigenvalue weighted by Crippen LogP contribution is -2.38. The molecule has 0 aliphatic carbocycles. The summed E-state index contributed by atoms with van der Waals surface area (Å²) in [6.07, 6.45) is 4.05. The molecule has 16 nitrogen and oxygen atoms in total. The van der Waals surface area contributed by atoms with Crippen LogP contribution in [0.5, 0.6) is 0 Å². The Hall–Kier alpha value is -3.92. The quantitative estimate of drug-likeness (QED) is 0.102.